The Labute approximate surface area is 170 Å². The van der Waals surface area contributed by atoms with E-state index in [1.807, 2.05) is 13.8 Å². The molecular formula is C19H27N3O6S. The van der Waals surface area contributed by atoms with Crippen molar-refractivity contribution in [1.82, 2.24) is 15.4 Å². The van der Waals surface area contributed by atoms with E-state index in [1.54, 1.807) is 12.1 Å². The van der Waals surface area contributed by atoms with E-state index in [4.69, 9.17) is 4.74 Å². The summed E-state index contributed by atoms with van der Waals surface area (Å²) >= 11 is 0. The molecule has 0 spiro atoms. The van der Waals surface area contributed by atoms with Gasteiger partial charge in [-0.1, -0.05) is 37.5 Å². The van der Waals surface area contributed by atoms with E-state index in [1.165, 1.54) is 12.1 Å². The second-order valence-corrected chi connectivity index (χ2v) is 8.96. The van der Waals surface area contributed by atoms with Crippen LogP contribution in [-0.4, -0.2) is 45.5 Å². The van der Waals surface area contributed by atoms with Crippen molar-refractivity contribution in [3.05, 3.63) is 29.8 Å². The highest BCUT2D eigenvalue weighted by Crippen LogP contribution is 2.23. The van der Waals surface area contributed by atoms with Crippen molar-refractivity contribution in [3.8, 4) is 0 Å². The van der Waals surface area contributed by atoms with Crippen LogP contribution in [0, 0.1) is 12.8 Å². The van der Waals surface area contributed by atoms with Crippen molar-refractivity contribution < 1.29 is 27.5 Å². The number of hydrogen-bond donors (Lipinski definition) is 3. The zero-order valence-corrected chi connectivity index (χ0v) is 17.4. The van der Waals surface area contributed by atoms with E-state index in [2.05, 4.69) is 15.4 Å². The van der Waals surface area contributed by atoms with Crippen LogP contribution in [0.2, 0.25) is 0 Å². The SMILES string of the molecule is Cc1ccc(S(=O)(=O)NCC(=O)OCC(=O)NC(=O)NC2CCCCC2C)cc1. The molecular weight excluding hydrogens is 398 g/mol. The predicted octanol–water partition coefficient (Wildman–Crippen LogP) is 1.22. The molecule has 1 aliphatic rings. The van der Waals surface area contributed by atoms with Gasteiger partial charge in [0, 0.05) is 6.04 Å². The average molecular weight is 426 g/mol. The molecule has 1 aliphatic carbocycles. The van der Waals surface area contributed by atoms with Crippen LogP contribution in [0.4, 0.5) is 4.79 Å². The Bertz CT molecular complexity index is 838. The van der Waals surface area contributed by atoms with Gasteiger partial charge in [0.05, 0.1) is 4.90 Å². The van der Waals surface area contributed by atoms with Gasteiger partial charge in [0.15, 0.2) is 6.61 Å². The van der Waals surface area contributed by atoms with E-state index < -0.39 is 41.1 Å². The lowest BCUT2D eigenvalue weighted by Gasteiger charge is -2.29. The molecule has 29 heavy (non-hydrogen) atoms. The minimum absolute atomic E-state index is 0.00952. The molecule has 9 nitrogen and oxygen atoms in total. The van der Waals surface area contributed by atoms with Crippen molar-refractivity contribution in [2.24, 2.45) is 5.92 Å². The lowest BCUT2D eigenvalue weighted by atomic mass is 9.86. The first-order valence-corrected chi connectivity index (χ1v) is 11.0. The van der Waals surface area contributed by atoms with Gasteiger partial charge in [-0.05, 0) is 37.8 Å². The third kappa shape index (κ3) is 7.47. The number of imide groups is 1. The van der Waals surface area contributed by atoms with Crippen LogP contribution in [0.25, 0.3) is 0 Å². The van der Waals surface area contributed by atoms with Gasteiger partial charge in [-0.2, -0.15) is 4.72 Å². The summed E-state index contributed by atoms with van der Waals surface area (Å²) in [7, 11) is -3.87. The van der Waals surface area contributed by atoms with Crippen molar-refractivity contribution in [3.63, 3.8) is 0 Å². The van der Waals surface area contributed by atoms with Gasteiger partial charge in [0.1, 0.15) is 6.54 Å². The third-order valence-electron chi connectivity index (χ3n) is 4.78. The van der Waals surface area contributed by atoms with Crippen LogP contribution in [0.1, 0.15) is 38.2 Å². The van der Waals surface area contributed by atoms with E-state index >= 15 is 0 Å². The topological polar surface area (TPSA) is 131 Å². The smallest absolute Gasteiger partial charge is 0.321 e. The molecule has 2 atom stereocenters. The summed E-state index contributed by atoms with van der Waals surface area (Å²) in [5.41, 5.74) is 0.899. The van der Waals surface area contributed by atoms with Crippen LogP contribution in [0.15, 0.2) is 29.2 Å². The van der Waals surface area contributed by atoms with Gasteiger partial charge in [0.25, 0.3) is 5.91 Å². The van der Waals surface area contributed by atoms with E-state index in [0.29, 0.717) is 5.92 Å². The number of esters is 1. The summed E-state index contributed by atoms with van der Waals surface area (Å²) in [6.45, 7) is 2.56. The van der Waals surface area contributed by atoms with Crippen molar-refractivity contribution in [2.45, 2.75) is 50.5 Å². The number of urea groups is 1. The molecule has 0 heterocycles. The molecule has 1 aromatic rings. The molecule has 1 aromatic carbocycles. The monoisotopic (exact) mass is 425 g/mol. The summed E-state index contributed by atoms with van der Waals surface area (Å²) in [6, 6.07) is 5.48. The molecule has 0 radical (unpaired) electrons. The number of carbonyl (C=O) groups is 3. The van der Waals surface area contributed by atoms with Gasteiger partial charge in [-0.25, -0.2) is 13.2 Å². The highest BCUT2D eigenvalue weighted by atomic mass is 32.2. The number of rotatable bonds is 7. The minimum atomic E-state index is -3.87. The summed E-state index contributed by atoms with van der Waals surface area (Å²) in [6.07, 6.45) is 4.04. The van der Waals surface area contributed by atoms with E-state index in [0.717, 1.165) is 31.2 Å². The number of ether oxygens (including phenoxy) is 1. The Morgan fingerprint density at radius 2 is 1.76 bits per heavy atom. The maximum absolute atomic E-state index is 12.1. The Hall–Kier alpha value is -2.46. The number of nitrogens with one attached hydrogen (secondary N) is 3. The van der Waals surface area contributed by atoms with Gasteiger partial charge < -0.3 is 10.1 Å². The first-order chi connectivity index (χ1) is 13.7. The van der Waals surface area contributed by atoms with Crippen molar-refractivity contribution in [2.75, 3.05) is 13.2 Å². The molecule has 0 saturated heterocycles. The summed E-state index contributed by atoms with van der Waals surface area (Å²) in [4.78, 5) is 35.3. The largest absolute Gasteiger partial charge is 0.455 e. The average Bonchev–Trinajstić information content (AvgIpc) is 2.67. The maximum Gasteiger partial charge on any atom is 0.321 e. The molecule has 1 saturated carbocycles. The highest BCUT2D eigenvalue weighted by Gasteiger charge is 2.23. The zero-order chi connectivity index (χ0) is 21.4. The van der Waals surface area contributed by atoms with Gasteiger partial charge in [-0.15, -0.1) is 0 Å². The number of aryl methyl sites for hydroxylation is 1. The molecule has 160 valence electrons. The second-order valence-electron chi connectivity index (χ2n) is 7.19. The van der Waals surface area contributed by atoms with Gasteiger partial charge >= 0.3 is 12.0 Å². The molecule has 2 unspecified atom stereocenters. The Kier molecular flexibility index (Phi) is 8.15. The normalized spacial score (nSPS) is 19.2. The first-order valence-electron chi connectivity index (χ1n) is 9.49. The van der Waals surface area contributed by atoms with Crippen LogP contribution in [-0.2, 0) is 24.3 Å². The lowest BCUT2D eigenvalue weighted by Crippen LogP contribution is -2.48. The predicted molar refractivity (Wildman–Crippen MR) is 105 cm³/mol. The Balaban J connectivity index is 1.70. The van der Waals surface area contributed by atoms with Crippen molar-refractivity contribution >= 4 is 27.9 Å². The summed E-state index contributed by atoms with van der Waals surface area (Å²) < 4.78 is 31.0. The maximum atomic E-state index is 12.1. The van der Waals surface area contributed by atoms with Gasteiger partial charge in [-0.3, -0.25) is 14.9 Å². The number of hydrogen-bond acceptors (Lipinski definition) is 6. The minimum Gasteiger partial charge on any atom is -0.455 e. The second kappa shape index (κ2) is 10.4. The Morgan fingerprint density at radius 1 is 1.10 bits per heavy atom. The summed E-state index contributed by atoms with van der Waals surface area (Å²) in [5, 5.41) is 4.85. The number of carbonyl (C=O) groups excluding carboxylic acids is 3. The lowest BCUT2D eigenvalue weighted by molar-refractivity contribution is -0.147. The fourth-order valence-corrected chi connectivity index (χ4v) is 4.02. The van der Waals surface area contributed by atoms with Gasteiger partial charge in [0.2, 0.25) is 10.0 Å². The molecule has 2 rings (SSSR count). The van der Waals surface area contributed by atoms with Crippen LogP contribution >= 0.6 is 0 Å². The molecule has 0 aliphatic heterocycles. The molecule has 0 aromatic heterocycles. The number of benzene rings is 1. The molecule has 0 bridgehead atoms. The molecule has 3 amide bonds. The highest BCUT2D eigenvalue weighted by molar-refractivity contribution is 7.89. The van der Waals surface area contributed by atoms with Crippen molar-refractivity contribution in [1.29, 1.82) is 0 Å². The zero-order valence-electron chi connectivity index (χ0n) is 16.6. The van der Waals surface area contributed by atoms with E-state index in [-0.39, 0.29) is 10.9 Å². The fourth-order valence-electron chi connectivity index (χ4n) is 3.05. The number of amides is 3. The van der Waals surface area contributed by atoms with E-state index in [9.17, 15) is 22.8 Å². The molecule has 1 fully saturated rings. The number of sulfonamides is 1. The molecule has 10 heteroatoms. The fraction of sp³-hybridized carbons (Fsp3) is 0.526. The third-order valence-corrected chi connectivity index (χ3v) is 6.20. The van der Waals surface area contributed by atoms with Crippen LogP contribution < -0.4 is 15.4 Å². The molecule has 3 N–H and O–H groups in total. The Morgan fingerprint density at radius 3 is 2.41 bits per heavy atom. The first kappa shape index (κ1) is 22.8. The van der Waals surface area contributed by atoms with Crippen LogP contribution in [0.5, 0.6) is 0 Å². The quantitative estimate of drug-likeness (QED) is 0.563. The van der Waals surface area contributed by atoms with Crippen LogP contribution in [0.3, 0.4) is 0 Å². The standard InChI is InChI=1S/C19H27N3O6S/c1-13-7-9-15(10-8-13)29(26,27)20-11-18(24)28-12-17(23)22-19(25)21-16-6-4-3-5-14(16)2/h7-10,14,16,20H,3-6,11-12H2,1-2H3,(H2,21,22,23,25). The summed E-state index contributed by atoms with van der Waals surface area (Å²) in [5.74, 6) is -1.39.